The lowest BCUT2D eigenvalue weighted by molar-refractivity contribution is 0.137. The summed E-state index contributed by atoms with van der Waals surface area (Å²) in [6, 6.07) is 3.12. The second kappa shape index (κ2) is 5.39. The molecule has 1 atom stereocenters. The summed E-state index contributed by atoms with van der Waals surface area (Å²) in [6.45, 7) is 0.764. The van der Waals surface area contributed by atoms with E-state index in [4.69, 9.17) is 5.14 Å². The van der Waals surface area contributed by atoms with Gasteiger partial charge in [0.05, 0.1) is 5.25 Å². The molecule has 1 fully saturated rings. The van der Waals surface area contributed by atoms with Gasteiger partial charge in [-0.1, -0.05) is 0 Å². The minimum atomic E-state index is -3.64. The highest BCUT2D eigenvalue weighted by Gasteiger charge is 2.29. The summed E-state index contributed by atoms with van der Waals surface area (Å²) in [5.41, 5.74) is 0.207. The van der Waals surface area contributed by atoms with Gasteiger partial charge in [-0.15, -0.1) is 15.3 Å². The first-order valence-electron chi connectivity index (χ1n) is 6.63. The van der Waals surface area contributed by atoms with Crippen molar-refractivity contribution in [3.8, 4) is 0 Å². The summed E-state index contributed by atoms with van der Waals surface area (Å²) < 4.78 is 49.6. The monoisotopic (exact) mass is 332 g/mol. The van der Waals surface area contributed by atoms with Crippen LogP contribution in [-0.4, -0.2) is 46.6 Å². The van der Waals surface area contributed by atoms with Gasteiger partial charge in [0.2, 0.25) is 15.8 Å². The molecule has 120 valence electrons. The fourth-order valence-corrected chi connectivity index (χ4v) is 3.40. The summed E-state index contributed by atoms with van der Waals surface area (Å²) in [7, 11) is -3.64. The lowest BCUT2D eigenvalue weighted by atomic mass is 10.1. The van der Waals surface area contributed by atoms with Crippen LogP contribution in [0.25, 0.3) is 5.65 Å². The van der Waals surface area contributed by atoms with Crippen LogP contribution in [-0.2, 0) is 10.0 Å². The summed E-state index contributed by atoms with van der Waals surface area (Å²) in [6.07, 6.45) is -1.69. The van der Waals surface area contributed by atoms with E-state index in [2.05, 4.69) is 15.3 Å². The normalized spacial score (nSPS) is 20.0. The molecule has 0 amide bonds. The number of piperidine rings is 1. The van der Waals surface area contributed by atoms with Crippen LogP contribution in [0.5, 0.6) is 0 Å². The summed E-state index contributed by atoms with van der Waals surface area (Å²) >= 11 is 0. The molecule has 1 aliphatic rings. The van der Waals surface area contributed by atoms with E-state index in [0.29, 0.717) is 25.2 Å². The quantitative estimate of drug-likeness (QED) is 0.867. The first-order valence-corrected chi connectivity index (χ1v) is 8.24. The molecular weight excluding hydrogens is 318 g/mol. The molecule has 0 aromatic carbocycles. The third-order valence-corrected chi connectivity index (χ3v) is 4.95. The van der Waals surface area contributed by atoms with Crippen LogP contribution in [0.4, 0.5) is 14.6 Å². The summed E-state index contributed by atoms with van der Waals surface area (Å²) in [4.78, 5) is 1.72. The standard InChI is InChI=1S/C11H14F2N6O2S/c12-10(13)11-16-15-8-3-4-9(17-19(8)11)18-5-1-2-7(6-18)22(14,20)21/h3-4,7,10H,1-2,5-6H2,(H2,14,20,21). The van der Waals surface area contributed by atoms with Crippen LogP contribution >= 0.6 is 0 Å². The van der Waals surface area contributed by atoms with Gasteiger partial charge in [-0.2, -0.15) is 4.52 Å². The van der Waals surface area contributed by atoms with Crippen molar-refractivity contribution in [2.24, 2.45) is 5.14 Å². The summed E-state index contributed by atoms with van der Waals surface area (Å²) in [5.74, 6) is -0.153. The third kappa shape index (κ3) is 2.73. The first-order chi connectivity index (χ1) is 10.4. The number of nitrogens with zero attached hydrogens (tertiary/aromatic N) is 5. The average molecular weight is 332 g/mol. The predicted molar refractivity (Wildman–Crippen MR) is 74.1 cm³/mol. The van der Waals surface area contributed by atoms with Gasteiger partial charge < -0.3 is 4.90 Å². The van der Waals surface area contributed by atoms with E-state index in [-0.39, 0.29) is 12.2 Å². The van der Waals surface area contributed by atoms with Crippen LogP contribution in [0, 0.1) is 0 Å². The topological polar surface area (TPSA) is 106 Å². The van der Waals surface area contributed by atoms with Gasteiger partial charge >= 0.3 is 0 Å². The molecule has 1 aliphatic heterocycles. The smallest absolute Gasteiger partial charge is 0.299 e. The number of anilines is 1. The molecule has 0 saturated carbocycles. The Morgan fingerprint density at radius 2 is 2.09 bits per heavy atom. The van der Waals surface area contributed by atoms with Crippen molar-refractivity contribution in [1.29, 1.82) is 0 Å². The van der Waals surface area contributed by atoms with E-state index < -0.39 is 27.5 Å². The SMILES string of the molecule is NS(=O)(=O)C1CCCN(c2ccc3nnc(C(F)F)n3n2)C1. The van der Waals surface area contributed by atoms with E-state index in [1.165, 1.54) is 6.07 Å². The molecule has 11 heteroatoms. The maximum Gasteiger partial charge on any atom is 0.299 e. The molecular formula is C11H14F2N6O2S. The molecule has 2 aromatic heterocycles. The van der Waals surface area contributed by atoms with Gasteiger partial charge in [0.25, 0.3) is 6.43 Å². The average Bonchev–Trinajstić information content (AvgIpc) is 2.89. The molecule has 0 spiro atoms. The number of primary sulfonamides is 1. The summed E-state index contributed by atoms with van der Waals surface area (Å²) in [5, 5.41) is 15.6. The molecule has 0 bridgehead atoms. The number of alkyl halides is 2. The lowest BCUT2D eigenvalue weighted by Crippen LogP contribution is -2.45. The van der Waals surface area contributed by atoms with Crippen molar-refractivity contribution in [3.63, 3.8) is 0 Å². The fourth-order valence-electron chi connectivity index (χ4n) is 2.51. The van der Waals surface area contributed by atoms with Crippen molar-refractivity contribution in [2.75, 3.05) is 18.0 Å². The van der Waals surface area contributed by atoms with Crippen LogP contribution < -0.4 is 10.0 Å². The van der Waals surface area contributed by atoms with Crippen LogP contribution in [0.3, 0.4) is 0 Å². The number of hydrogen-bond acceptors (Lipinski definition) is 6. The highest BCUT2D eigenvalue weighted by molar-refractivity contribution is 7.89. The Morgan fingerprint density at radius 3 is 2.77 bits per heavy atom. The Labute approximate surface area is 125 Å². The second-order valence-corrected chi connectivity index (χ2v) is 6.96. The molecule has 22 heavy (non-hydrogen) atoms. The third-order valence-electron chi connectivity index (χ3n) is 3.63. The number of aromatic nitrogens is 4. The number of nitrogens with two attached hydrogens (primary N) is 1. The lowest BCUT2D eigenvalue weighted by Gasteiger charge is -2.32. The maximum atomic E-state index is 12.8. The molecule has 3 rings (SSSR count). The highest BCUT2D eigenvalue weighted by Crippen LogP contribution is 2.22. The Balaban J connectivity index is 1.94. The van der Waals surface area contributed by atoms with E-state index in [0.717, 1.165) is 4.52 Å². The van der Waals surface area contributed by atoms with E-state index >= 15 is 0 Å². The molecule has 3 heterocycles. The largest absolute Gasteiger partial charge is 0.354 e. The van der Waals surface area contributed by atoms with Crippen LogP contribution in [0.2, 0.25) is 0 Å². The van der Waals surface area contributed by atoms with Crippen molar-refractivity contribution in [1.82, 2.24) is 19.8 Å². The molecule has 8 nitrogen and oxygen atoms in total. The van der Waals surface area contributed by atoms with Gasteiger partial charge in [0.15, 0.2) is 5.65 Å². The number of rotatable bonds is 3. The van der Waals surface area contributed by atoms with Gasteiger partial charge in [-0.3, -0.25) is 0 Å². The van der Waals surface area contributed by atoms with Gasteiger partial charge in [0.1, 0.15) is 5.82 Å². The molecule has 2 aromatic rings. The zero-order valence-corrected chi connectivity index (χ0v) is 12.2. The van der Waals surface area contributed by atoms with E-state index in [1.54, 1.807) is 11.0 Å². The minimum Gasteiger partial charge on any atom is -0.354 e. The number of fused-ring (bicyclic) bond motifs is 1. The maximum absolute atomic E-state index is 12.8. The van der Waals surface area contributed by atoms with Crippen LogP contribution in [0.1, 0.15) is 25.1 Å². The Hall–Kier alpha value is -1.88. The van der Waals surface area contributed by atoms with Gasteiger partial charge in [-0.05, 0) is 25.0 Å². The highest BCUT2D eigenvalue weighted by atomic mass is 32.2. The Kier molecular flexibility index (Phi) is 3.68. The fraction of sp³-hybridized carbons (Fsp3) is 0.545. The van der Waals surface area contributed by atoms with Gasteiger partial charge in [0, 0.05) is 13.1 Å². The minimum absolute atomic E-state index is 0.184. The van der Waals surface area contributed by atoms with Crippen molar-refractivity contribution < 1.29 is 17.2 Å². The van der Waals surface area contributed by atoms with Gasteiger partial charge in [-0.25, -0.2) is 22.3 Å². The molecule has 1 unspecified atom stereocenters. The van der Waals surface area contributed by atoms with E-state index in [1.807, 2.05) is 0 Å². The number of hydrogen-bond donors (Lipinski definition) is 1. The van der Waals surface area contributed by atoms with E-state index in [9.17, 15) is 17.2 Å². The molecule has 1 saturated heterocycles. The predicted octanol–water partition coefficient (Wildman–Crippen LogP) is 0.319. The van der Waals surface area contributed by atoms with Crippen LogP contribution in [0.15, 0.2) is 12.1 Å². The second-order valence-electron chi connectivity index (χ2n) is 5.12. The zero-order chi connectivity index (χ0) is 15.9. The van der Waals surface area contributed by atoms with Crippen molar-refractivity contribution in [2.45, 2.75) is 24.5 Å². The van der Waals surface area contributed by atoms with Crippen molar-refractivity contribution >= 4 is 21.5 Å². The molecule has 0 aliphatic carbocycles. The Bertz CT molecular complexity index is 793. The molecule has 0 radical (unpaired) electrons. The molecule has 2 N–H and O–H groups in total. The van der Waals surface area contributed by atoms with Crippen molar-refractivity contribution in [3.05, 3.63) is 18.0 Å². The number of sulfonamides is 1. The first kappa shape index (κ1) is 15.0. The number of halogens is 2. The Morgan fingerprint density at radius 1 is 1.32 bits per heavy atom. The zero-order valence-electron chi connectivity index (χ0n) is 11.4.